The quantitative estimate of drug-likeness (QED) is 0.729. The molecule has 3 amide bonds. The maximum atomic E-state index is 13.1. The molecule has 168 valence electrons. The summed E-state index contributed by atoms with van der Waals surface area (Å²) in [7, 11) is 1.59. The van der Waals surface area contributed by atoms with Crippen molar-refractivity contribution in [2.24, 2.45) is 0 Å². The molecule has 2 aromatic carbocycles. The minimum Gasteiger partial charge on any atom is -0.334 e. The van der Waals surface area contributed by atoms with Crippen LogP contribution in [0.3, 0.4) is 0 Å². The summed E-state index contributed by atoms with van der Waals surface area (Å²) < 4.78 is 38.3. The summed E-state index contributed by atoms with van der Waals surface area (Å²) in [6.45, 7) is 0.407. The van der Waals surface area contributed by atoms with Crippen molar-refractivity contribution in [2.75, 3.05) is 26.7 Å². The number of alkyl halides is 3. The van der Waals surface area contributed by atoms with Gasteiger partial charge >= 0.3 is 6.18 Å². The van der Waals surface area contributed by atoms with E-state index in [1.165, 1.54) is 14.7 Å². The lowest BCUT2D eigenvalue weighted by Gasteiger charge is -2.48. The van der Waals surface area contributed by atoms with Crippen molar-refractivity contribution in [2.45, 2.75) is 24.7 Å². The normalized spacial score (nSPS) is 21.6. The van der Waals surface area contributed by atoms with Crippen LogP contribution in [0.5, 0.6) is 0 Å². The third-order valence-electron chi connectivity index (χ3n) is 6.07. The van der Waals surface area contributed by atoms with Crippen LogP contribution in [-0.2, 0) is 22.2 Å². The van der Waals surface area contributed by atoms with Gasteiger partial charge in [0.15, 0.2) is 0 Å². The van der Waals surface area contributed by atoms with Gasteiger partial charge in [0.2, 0.25) is 11.8 Å². The van der Waals surface area contributed by atoms with E-state index in [0.717, 1.165) is 29.8 Å². The largest absolute Gasteiger partial charge is 0.416 e. The highest BCUT2D eigenvalue weighted by Gasteiger charge is 2.47. The van der Waals surface area contributed by atoms with Crippen molar-refractivity contribution in [1.82, 2.24) is 14.7 Å². The van der Waals surface area contributed by atoms with Crippen LogP contribution >= 0.6 is 0 Å². The molecule has 2 heterocycles. The smallest absolute Gasteiger partial charge is 0.334 e. The zero-order valence-electron chi connectivity index (χ0n) is 17.4. The number of hydrogen-bond donors (Lipinski definition) is 0. The van der Waals surface area contributed by atoms with Crippen molar-refractivity contribution in [3.05, 3.63) is 71.3 Å². The fourth-order valence-electron chi connectivity index (χ4n) is 4.23. The molecular weight excluding hydrogens is 423 g/mol. The number of rotatable bonds is 3. The number of carbonyl (C=O) groups excluding carboxylic acids is 3. The number of benzene rings is 2. The molecule has 2 fully saturated rings. The average Bonchev–Trinajstić information content (AvgIpc) is 2.80. The molecule has 0 unspecified atom stereocenters. The van der Waals surface area contributed by atoms with Crippen molar-refractivity contribution < 1.29 is 27.6 Å². The Morgan fingerprint density at radius 1 is 0.969 bits per heavy atom. The molecule has 2 aromatic rings. The van der Waals surface area contributed by atoms with E-state index in [-0.39, 0.29) is 37.0 Å². The number of likely N-dealkylation sites (N-methyl/N-ethyl adjacent to an activating group) is 1. The predicted molar refractivity (Wildman–Crippen MR) is 110 cm³/mol. The summed E-state index contributed by atoms with van der Waals surface area (Å²) in [5.74, 6) is -0.884. The van der Waals surface area contributed by atoms with Gasteiger partial charge in [-0.2, -0.15) is 13.2 Å². The average molecular weight is 445 g/mol. The first kappa shape index (κ1) is 21.9. The lowest BCUT2D eigenvalue weighted by molar-refractivity contribution is -0.163. The van der Waals surface area contributed by atoms with E-state index >= 15 is 0 Å². The summed E-state index contributed by atoms with van der Waals surface area (Å²) >= 11 is 0. The summed E-state index contributed by atoms with van der Waals surface area (Å²) in [6, 6.07) is 12.0. The first-order valence-corrected chi connectivity index (χ1v) is 10.2. The lowest BCUT2D eigenvalue weighted by Crippen LogP contribution is -2.70. The second kappa shape index (κ2) is 8.29. The van der Waals surface area contributed by atoms with Crippen molar-refractivity contribution in [1.29, 1.82) is 0 Å². The molecule has 0 N–H and O–H groups in total. The van der Waals surface area contributed by atoms with Crippen LogP contribution in [0.15, 0.2) is 54.6 Å². The Morgan fingerprint density at radius 2 is 1.62 bits per heavy atom. The van der Waals surface area contributed by atoms with Gasteiger partial charge in [0.25, 0.3) is 5.91 Å². The Morgan fingerprint density at radius 3 is 2.25 bits per heavy atom. The van der Waals surface area contributed by atoms with Crippen LogP contribution in [0.2, 0.25) is 0 Å². The molecule has 0 bridgehead atoms. The highest BCUT2D eigenvalue weighted by molar-refractivity contribution is 5.99. The molecule has 32 heavy (non-hydrogen) atoms. The van der Waals surface area contributed by atoms with E-state index in [4.69, 9.17) is 0 Å². The molecule has 2 aliphatic heterocycles. The van der Waals surface area contributed by atoms with Crippen LogP contribution in [-0.4, -0.2) is 71.2 Å². The fourth-order valence-corrected chi connectivity index (χ4v) is 4.23. The minimum atomic E-state index is -4.48. The number of fused-ring (bicyclic) bond motifs is 1. The van der Waals surface area contributed by atoms with Crippen LogP contribution < -0.4 is 0 Å². The molecule has 9 heteroatoms. The standard InChI is InChI=1S/C23H22F3N3O3/c1-27-18(13-15-5-3-2-4-6-15)22(32)29-12-11-28(14-19(29)21(27)31)20(30)16-7-9-17(10-8-16)23(24,25)26/h2-10,18-19H,11-14H2,1H3/t18-,19+/m0/s1. The van der Waals surface area contributed by atoms with Gasteiger partial charge in [0, 0.05) is 32.1 Å². The van der Waals surface area contributed by atoms with E-state index in [1.807, 2.05) is 30.3 Å². The van der Waals surface area contributed by atoms with E-state index in [9.17, 15) is 27.6 Å². The molecule has 4 rings (SSSR count). The zero-order chi connectivity index (χ0) is 23.0. The number of nitrogens with zero attached hydrogens (tertiary/aromatic N) is 3. The SMILES string of the molecule is CN1C(=O)[C@H]2CN(C(=O)c3ccc(C(F)(F)F)cc3)CCN2C(=O)[C@@H]1Cc1ccccc1. The monoisotopic (exact) mass is 445 g/mol. The molecule has 2 saturated heterocycles. The third-order valence-corrected chi connectivity index (χ3v) is 6.07. The Balaban J connectivity index is 1.48. The van der Waals surface area contributed by atoms with Crippen LogP contribution in [0.4, 0.5) is 13.2 Å². The first-order valence-electron chi connectivity index (χ1n) is 10.2. The van der Waals surface area contributed by atoms with Crippen LogP contribution in [0, 0.1) is 0 Å². The highest BCUT2D eigenvalue weighted by Crippen LogP contribution is 2.29. The van der Waals surface area contributed by atoms with Gasteiger partial charge in [-0.25, -0.2) is 0 Å². The number of piperazine rings is 2. The Bertz CT molecular complexity index is 1020. The number of halogens is 3. The fraction of sp³-hybridized carbons (Fsp3) is 0.348. The molecule has 0 radical (unpaired) electrons. The van der Waals surface area contributed by atoms with Crippen molar-refractivity contribution in [3.63, 3.8) is 0 Å². The number of hydrogen-bond acceptors (Lipinski definition) is 3. The Labute approximate surface area is 183 Å². The molecule has 0 spiro atoms. The second-order valence-electron chi connectivity index (χ2n) is 8.03. The molecule has 2 atom stereocenters. The third kappa shape index (κ3) is 4.06. The van der Waals surface area contributed by atoms with Gasteiger partial charge in [0.05, 0.1) is 12.1 Å². The summed E-state index contributed by atoms with van der Waals surface area (Å²) in [5, 5.41) is 0. The maximum absolute atomic E-state index is 13.1. The van der Waals surface area contributed by atoms with Crippen molar-refractivity contribution >= 4 is 17.7 Å². The summed E-state index contributed by atoms with van der Waals surface area (Å²) in [6.07, 6.45) is -4.08. The second-order valence-corrected chi connectivity index (χ2v) is 8.03. The van der Waals surface area contributed by atoms with Gasteiger partial charge in [0.1, 0.15) is 12.1 Å². The number of amides is 3. The first-order chi connectivity index (χ1) is 15.2. The van der Waals surface area contributed by atoms with E-state index in [0.29, 0.717) is 6.42 Å². The van der Waals surface area contributed by atoms with Gasteiger partial charge in [-0.3, -0.25) is 14.4 Å². The van der Waals surface area contributed by atoms with Crippen LogP contribution in [0.1, 0.15) is 21.5 Å². The van der Waals surface area contributed by atoms with Crippen molar-refractivity contribution in [3.8, 4) is 0 Å². The molecule has 0 aliphatic carbocycles. The van der Waals surface area contributed by atoms with E-state index in [2.05, 4.69) is 0 Å². The van der Waals surface area contributed by atoms with Gasteiger partial charge in [-0.05, 0) is 29.8 Å². The molecular formula is C23H22F3N3O3. The number of carbonyl (C=O) groups is 3. The Hall–Kier alpha value is -3.36. The molecule has 0 aromatic heterocycles. The maximum Gasteiger partial charge on any atom is 0.416 e. The highest BCUT2D eigenvalue weighted by atomic mass is 19.4. The summed E-state index contributed by atoms with van der Waals surface area (Å²) in [5.41, 5.74) is 0.217. The molecule has 6 nitrogen and oxygen atoms in total. The van der Waals surface area contributed by atoms with Gasteiger partial charge in [-0.15, -0.1) is 0 Å². The van der Waals surface area contributed by atoms with Gasteiger partial charge in [-0.1, -0.05) is 30.3 Å². The topological polar surface area (TPSA) is 60.9 Å². The van der Waals surface area contributed by atoms with Crippen LogP contribution in [0.25, 0.3) is 0 Å². The molecule has 2 aliphatic rings. The zero-order valence-corrected chi connectivity index (χ0v) is 17.4. The van der Waals surface area contributed by atoms with Gasteiger partial charge < -0.3 is 14.7 Å². The Kier molecular flexibility index (Phi) is 5.66. The minimum absolute atomic E-state index is 0.00677. The predicted octanol–water partition coefficient (Wildman–Crippen LogP) is 2.44. The molecule has 0 saturated carbocycles. The van der Waals surface area contributed by atoms with E-state index < -0.39 is 29.7 Å². The van der Waals surface area contributed by atoms with E-state index in [1.54, 1.807) is 7.05 Å². The lowest BCUT2D eigenvalue weighted by atomic mass is 9.96. The summed E-state index contributed by atoms with van der Waals surface area (Å²) in [4.78, 5) is 43.4.